The van der Waals surface area contributed by atoms with E-state index < -0.39 is 9.84 Å². The van der Waals surface area contributed by atoms with Crippen LogP contribution in [0.15, 0.2) is 42.5 Å². The van der Waals surface area contributed by atoms with Gasteiger partial charge in [0.1, 0.15) is 12.4 Å². The Morgan fingerprint density at radius 1 is 1.04 bits per heavy atom. The molecule has 126 valence electrons. The van der Waals surface area contributed by atoms with Gasteiger partial charge >= 0.3 is 0 Å². The highest BCUT2D eigenvalue weighted by atomic mass is 32.2. The van der Waals surface area contributed by atoms with E-state index in [9.17, 15) is 13.2 Å². The molecule has 0 saturated carbocycles. The number of benzene rings is 2. The van der Waals surface area contributed by atoms with Gasteiger partial charge in [0.05, 0.1) is 5.75 Å². The van der Waals surface area contributed by atoms with Gasteiger partial charge in [-0.3, -0.25) is 4.79 Å². The molecule has 0 unspecified atom stereocenters. The molecule has 3 rings (SSSR count). The van der Waals surface area contributed by atoms with Crippen molar-refractivity contribution in [3.8, 4) is 5.75 Å². The van der Waals surface area contributed by atoms with Crippen molar-refractivity contribution in [2.45, 2.75) is 31.6 Å². The third-order valence-corrected chi connectivity index (χ3v) is 4.98. The Bertz CT molecular complexity index is 854. The smallest absolute Gasteiger partial charge is 0.163 e. The lowest BCUT2D eigenvalue weighted by atomic mass is 9.87. The first-order valence-electron chi connectivity index (χ1n) is 7.96. The van der Waals surface area contributed by atoms with Crippen LogP contribution in [-0.4, -0.2) is 20.5 Å². The minimum absolute atomic E-state index is 0.0839. The van der Waals surface area contributed by atoms with Gasteiger partial charge in [0, 0.05) is 23.8 Å². The van der Waals surface area contributed by atoms with E-state index in [-0.39, 0.29) is 11.5 Å². The minimum Gasteiger partial charge on any atom is -0.489 e. The van der Waals surface area contributed by atoms with Gasteiger partial charge in [-0.05, 0) is 36.1 Å². The lowest BCUT2D eigenvalue weighted by Crippen LogP contribution is -2.16. The summed E-state index contributed by atoms with van der Waals surface area (Å²) in [6.07, 6.45) is 3.20. The molecule has 0 fully saturated rings. The first kappa shape index (κ1) is 16.7. The number of sulfone groups is 1. The van der Waals surface area contributed by atoms with E-state index in [0.29, 0.717) is 36.3 Å². The van der Waals surface area contributed by atoms with Gasteiger partial charge in [-0.1, -0.05) is 30.3 Å². The molecule has 0 bridgehead atoms. The third-order valence-electron chi connectivity index (χ3n) is 4.16. The van der Waals surface area contributed by atoms with Crippen LogP contribution in [0.3, 0.4) is 0 Å². The van der Waals surface area contributed by atoms with Crippen molar-refractivity contribution in [1.82, 2.24) is 0 Å². The lowest BCUT2D eigenvalue weighted by Gasteiger charge is -2.21. The maximum atomic E-state index is 12.1. The van der Waals surface area contributed by atoms with Gasteiger partial charge in [-0.25, -0.2) is 8.42 Å². The van der Waals surface area contributed by atoms with E-state index in [0.717, 1.165) is 17.5 Å². The number of ketones is 1. The number of hydrogen-bond acceptors (Lipinski definition) is 4. The number of rotatable bonds is 5. The van der Waals surface area contributed by atoms with Crippen molar-refractivity contribution in [2.75, 3.05) is 6.26 Å². The molecule has 2 aromatic carbocycles. The molecule has 0 heterocycles. The second-order valence-corrected chi connectivity index (χ2v) is 8.33. The van der Waals surface area contributed by atoms with E-state index >= 15 is 0 Å². The first-order valence-corrected chi connectivity index (χ1v) is 10.0. The van der Waals surface area contributed by atoms with Gasteiger partial charge in [0.25, 0.3) is 0 Å². The number of fused-ring (bicyclic) bond motifs is 1. The lowest BCUT2D eigenvalue weighted by molar-refractivity contribution is 0.0972. The molecule has 0 amide bonds. The highest BCUT2D eigenvalue weighted by molar-refractivity contribution is 7.89. The van der Waals surface area contributed by atoms with Crippen LogP contribution in [-0.2, 0) is 28.6 Å². The Morgan fingerprint density at radius 2 is 1.79 bits per heavy atom. The first-order chi connectivity index (χ1) is 11.4. The zero-order chi connectivity index (χ0) is 17.2. The summed E-state index contributed by atoms with van der Waals surface area (Å²) >= 11 is 0. The standard InChI is InChI=1S/C19H20O4S/c1-24(21,22)13-17-15-8-5-9-18(20)16(15)10-11-19(17)23-12-14-6-3-2-4-7-14/h2-4,6-7,10-11H,5,8-9,12-13H2,1H3. The summed E-state index contributed by atoms with van der Waals surface area (Å²) in [5.74, 6) is 0.534. The summed E-state index contributed by atoms with van der Waals surface area (Å²) in [5, 5.41) is 0. The molecule has 0 radical (unpaired) electrons. The van der Waals surface area contributed by atoms with Gasteiger partial charge in [0.15, 0.2) is 15.6 Å². The highest BCUT2D eigenvalue weighted by Gasteiger charge is 2.24. The van der Waals surface area contributed by atoms with Crippen molar-refractivity contribution >= 4 is 15.6 Å². The quantitative estimate of drug-likeness (QED) is 0.835. The molecule has 1 aliphatic carbocycles. The van der Waals surface area contributed by atoms with Crippen molar-refractivity contribution < 1.29 is 17.9 Å². The summed E-state index contributed by atoms with van der Waals surface area (Å²) in [6, 6.07) is 13.2. The van der Waals surface area contributed by atoms with Crippen LogP contribution in [0.2, 0.25) is 0 Å². The van der Waals surface area contributed by atoms with Gasteiger partial charge in [-0.15, -0.1) is 0 Å². The van der Waals surface area contributed by atoms with E-state index in [1.54, 1.807) is 12.1 Å². The number of carbonyl (C=O) groups excluding carboxylic acids is 1. The number of Topliss-reactive ketones (excluding diaryl/α,β-unsaturated/α-hetero) is 1. The van der Waals surface area contributed by atoms with Crippen LogP contribution in [0, 0.1) is 0 Å². The van der Waals surface area contributed by atoms with Crippen LogP contribution >= 0.6 is 0 Å². The zero-order valence-electron chi connectivity index (χ0n) is 13.6. The molecule has 5 heteroatoms. The summed E-state index contributed by atoms with van der Waals surface area (Å²) in [4.78, 5) is 12.1. The number of hydrogen-bond donors (Lipinski definition) is 0. The van der Waals surface area contributed by atoms with Gasteiger partial charge < -0.3 is 4.74 Å². The molecule has 0 spiro atoms. The predicted octanol–water partition coefficient (Wildman–Crippen LogP) is 3.33. The highest BCUT2D eigenvalue weighted by Crippen LogP contribution is 2.33. The second-order valence-electron chi connectivity index (χ2n) is 6.19. The van der Waals surface area contributed by atoms with Crippen LogP contribution in [0.4, 0.5) is 0 Å². The molecule has 0 aromatic heterocycles. The van der Waals surface area contributed by atoms with Crippen molar-refractivity contribution in [3.63, 3.8) is 0 Å². The molecule has 0 aliphatic heterocycles. The average Bonchev–Trinajstić information content (AvgIpc) is 2.54. The molecule has 0 atom stereocenters. The van der Waals surface area contributed by atoms with Crippen LogP contribution < -0.4 is 4.74 Å². The van der Waals surface area contributed by atoms with Crippen LogP contribution in [0.5, 0.6) is 5.75 Å². The van der Waals surface area contributed by atoms with Crippen molar-refractivity contribution in [2.24, 2.45) is 0 Å². The maximum Gasteiger partial charge on any atom is 0.163 e. The van der Waals surface area contributed by atoms with E-state index in [1.165, 1.54) is 6.26 Å². The Morgan fingerprint density at radius 3 is 2.50 bits per heavy atom. The fourth-order valence-corrected chi connectivity index (χ4v) is 3.91. The van der Waals surface area contributed by atoms with Gasteiger partial charge in [0.2, 0.25) is 0 Å². The number of ether oxygens (including phenoxy) is 1. The Balaban J connectivity index is 1.97. The SMILES string of the molecule is CS(=O)(=O)Cc1c(OCc2ccccc2)ccc2c1CCCC2=O. The summed E-state index contributed by atoms with van der Waals surface area (Å²) in [6.45, 7) is 0.365. The molecule has 2 aromatic rings. The van der Waals surface area contributed by atoms with E-state index in [2.05, 4.69) is 0 Å². The molecule has 24 heavy (non-hydrogen) atoms. The maximum absolute atomic E-state index is 12.1. The van der Waals surface area contributed by atoms with E-state index in [4.69, 9.17) is 4.74 Å². The fourth-order valence-electron chi connectivity index (χ4n) is 3.07. The van der Waals surface area contributed by atoms with Crippen molar-refractivity contribution in [1.29, 1.82) is 0 Å². The van der Waals surface area contributed by atoms with Gasteiger partial charge in [-0.2, -0.15) is 0 Å². The number of carbonyl (C=O) groups is 1. The summed E-state index contributed by atoms with van der Waals surface area (Å²) in [7, 11) is -3.22. The van der Waals surface area contributed by atoms with Crippen LogP contribution in [0.25, 0.3) is 0 Å². The minimum atomic E-state index is -3.22. The predicted molar refractivity (Wildman–Crippen MR) is 93.0 cm³/mol. The summed E-state index contributed by atoms with van der Waals surface area (Å²) < 4.78 is 29.6. The third kappa shape index (κ3) is 3.85. The molecule has 0 N–H and O–H groups in total. The summed E-state index contributed by atoms with van der Waals surface area (Å²) in [5.41, 5.74) is 3.13. The molecule has 1 aliphatic rings. The fraction of sp³-hybridized carbons (Fsp3) is 0.316. The second kappa shape index (κ2) is 6.77. The van der Waals surface area contributed by atoms with E-state index in [1.807, 2.05) is 30.3 Å². The molecular weight excluding hydrogens is 324 g/mol. The topological polar surface area (TPSA) is 60.4 Å². The monoisotopic (exact) mass is 344 g/mol. The zero-order valence-corrected chi connectivity index (χ0v) is 14.4. The largest absolute Gasteiger partial charge is 0.489 e. The van der Waals surface area contributed by atoms with Crippen molar-refractivity contribution in [3.05, 3.63) is 64.7 Å². The Kier molecular flexibility index (Phi) is 4.71. The molecule has 4 nitrogen and oxygen atoms in total. The molecular formula is C19H20O4S. The normalized spacial score (nSPS) is 14.3. The Labute approximate surface area is 142 Å². The molecule has 0 saturated heterocycles. The average molecular weight is 344 g/mol. The van der Waals surface area contributed by atoms with Crippen LogP contribution in [0.1, 0.15) is 39.9 Å². The Hall–Kier alpha value is -2.14.